The Morgan fingerprint density at radius 2 is 1.06 bits per heavy atom. The van der Waals surface area contributed by atoms with Crippen LogP contribution in [0.15, 0.2) is 84.9 Å². The van der Waals surface area contributed by atoms with Crippen LogP contribution < -0.4 is 9.64 Å². The van der Waals surface area contributed by atoms with Crippen LogP contribution in [0.1, 0.15) is 114 Å². The summed E-state index contributed by atoms with van der Waals surface area (Å²) in [4.78, 5) is 56.5. The fourth-order valence-electron chi connectivity index (χ4n) is 6.55. The van der Waals surface area contributed by atoms with E-state index in [1.54, 1.807) is 60.7 Å². The van der Waals surface area contributed by atoms with Gasteiger partial charge in [0.25, 0.3) is 23.6 Å². The molecule has 0 saturated carbocycles. The van der Waals surface area contributed by atoms with E-state index in [9.17, 15) is 19.2 Å². The zero-order valence-electron chi connectivity index (χ0n) is 27.8. The lowest BCUT2D eigenvalue weighted by atomic mass is 9.78. The molecule has 0 bridgehead atoms. The van der Waals surface area contributed by atoms with Gasteiger partial charge in [-0.15, -0.1) is 0 Å². The summed E-state index contributed by atoms with van der Waals surface area (Å²) in [6, 6.07) is 25.3. The monoisotopic (exact) mass is 628 g/mol. The van der Waals surface area contributed by atoms with Crippen molar-refractivity contribution in [1.82, 2.24) is 4.90 Å². The van der Waals surface area contributed by atoms with E-state index in [-0.39, 0.29) is 22.8 Å². The second-order valence-electron chi connectivity index (χ2n) is 13.0. The summed E-state index contributed by atoms with van der Waals surface area (Å²) < 4.78 is 6.22. The van der Waals surface area contributed by atoms with E-state index in [1.165, 1.54) is 15.4 Å². The average molecular weight is 629 g/mol. The van der Waals surface area contributed by atoms with Crippen molar-refractivity contribution in [2.75, 3.05) is 4.90 Å². The van der Waals surface area contributed by atoms with Crippen molar-refractivity contribution >= 4 is 29.3 Å². The predicted molar refractivity (Wildman–Crippen MR) is 183 cm³/mol. The van der Waals surface area contributed by atoms with E-state index in [0.29, 0.717) is 57.8 Å². The average Bonchev–Trinajstić information content (AvgIpc) is 3.51. The Kier molecular flexibility index (Phi) is 8.12. The summed E-state index contributed by atoms with van der Waals surface area (Å²) in [5, 5.41) is 0. The van der Waals surface area contributed by atoms with Crippen molar-refractivity contribution in [2.24, 2.45) is 0 Å². The van der Waals surface area contributed by atoms with E-state index in [4.69, 9.17) is 4.74 Å². The first-order chi connectivity index (χ1) is 22.5. The smallest absolute Gasteiger partial charge is 0.266 e. The molecule has 4 amide bonds. The molecule has 240 valence electrons. The van der Waals surface area contributed by atoms with Gasteiger partial charge in [-0.05, 0) is 103 Å². The minimum atomic E-state index is -0.574. The van der Waals surface area contributed by atoms with E-state index in [2.05, 4.69) is 32.9 Å². The maximum absolute atomic E-state index is 13.7. The molecule has 7 nitrogen and oxygen atoms in total. The number of anilines is 1. The minimum Gasteiger partial charge on any atom is -0.457 e. The zero-order valence-corrected chi connectivity index (χ0v) is 27.8. The van der Waals surface area contributed by atoms with E-state index >= 15 is 0 Å². The second-order valence-corrected chi connectivity index (χ2v) is 13.0. The predicted octanol–water partition coefficient (Wildman–Crippen LogP) is 9.20. The highest BCUT2D eigenvalue weighted by Crippen LogP contribution is 2.38. The first-order valence-electron chi connectivity index (χ1n) is 16.4. The van der Waals surface area contributed by atoms with Crippen LogP contribution in [0.5, 0.6) is 11.5 Å². The fourth-order valence-corrected chi connectivity index (χ4v) is 6.55. The number of fused-ring (bicyclic) bond motifs is 2. The second kappa shape index (κ2) is 12.0. The number of carbonyl (C=O) groups excluding carboxylic acids is 4. The summed E-state index contributed by atoms with van der Waals surface area (Å²) in [5.41, 5.74) is 3.74. The number of amides is 4. The summed E-state index contributed by atoms with van der Waals surface area (Å²) >= 11 is 0. The van der Waals surface area contributed by atoms with Gasteiger partial charge in [-0.3, -0.25) is 24.1 Å². The van der Waals surface area contributed by atoms with Crippen molar-refractivity contribution in [3.05, 3.63) is 113 Å². The number of hydrogen-bond donors (Lipinski definition) is 0. The first kappa shape index (κ1) is 31.9. The van der Waals surface area contributed by atoms with Crippen LogP contribution in [0.4, 0.5) is 5.69 Å². The van der Waals surface area contributed by atoms with Crippen molar-refractivity contribution in [2.45, 2.75) is 78.2 Å². The van der Waals surface area contributed by atoms with Crippen LogP contribution in [-0.2, 0) is 5.41 Å². The highest BCUT2D eigenvalue weighted by Gasteiger charge is 2.45. The van der Waals surface area contributed by atoms with Gasteiger partial charge in [-0.2, -0.15) is 0 Å². The van der Waals surface area contributed by atoms with Gasteiger partial charge < -0.3 is 4.74 Å². The molecule has 0 N–H and O–H groups in total. The Morgan fingerprint density at radius 3 is 1.66 bits per heavy atom. The van der Waals surface area contributed by atoms with Crippen LogP contribution in [-0.4, -0.2) is 34.1 Å². The molecule has 0 atom stereocenters. The summed E-state index contributed by atoms with van der Waals surface area (Å²) in [5.74, 6) is -0.247. The third-order valence-electron chi connectivity index (χ3n) is 10.6. The molecule has 2 aliphatic rings. The van der Waals surface area contributed by atoms with Gasteiger partial charge in [0.15, 0.2) is 0 Å². The quantitative estimate of drug-likeness (QED) is 0.164. The Balaban J connectivity index is 1.27. The summed E-state index contributed by atoms with van der Waals surface area (Å²) in [6.45, 7) is 12.5. The molecule has 0 radical (unpaired) electrons. The van der Waals surface area contributed by atoms with E-state index < -0.39 is 17.4 Å². The summed E-state index contributed by atoms with van der Waals surface area (Å²) in [6.07, 6.45) is 3.31. The van der Waals surface area contributed by atoms with Crippen LogP contribution in [0.2, 0.25) is 0 Å². The van der Waals surface area contributed by atoms with Crippen LogP contribution in [0.25, 0.3) is 11.1 Å². The van der Waals surface area contributed by atoms with Gasteiger partial charge in [0, 0.05) is 11.6 Å². The minimum absolute atomic E-state index is 0.0405. The number of nitrogens with zero attached hydrogens (tertiary/aromatic N) is 2. The topological polar surface area (TPSA) is 84.0 Å². The Labute approximate surface area is 276 Å². The van der Waals surface area contributed by atoms with Crippen LogP contribution in [0, 0.1) is 0 Å². The molecular weight excluding hydrogens is 588 g/mol. The highest BCUT2D eigenvalue weighted by atomic mass is 16.5. The van der Waals surface area contributed by atoms with Gasteiger partial charge in [-0.25, -0.2) is 4.90 Å². The van der Waals surface area contributed by atoms with Crippen molar-refractivity contribution in [1.29, 1.82) is 0 Å². The van der Waals surface area contributed by atoms with E-state index in [1.807, 2.05) is 32.9 Å². The van der Waals surface area contributed by atoms with Gasteiger partial charge in [0.05, 0.1) is 27.9 Å². The Morgan fingerprint density at radius 1 is 0.553 bits per heavy atom. The molecule has 0 aromatic heterocycles. The number of benzene rings is 4. The molecule has 2 heterocycles. The van der Waals surface area contributed by atoms with Crippen molar-refractivity contribution in [3.8, 4) is 22.6 Å². The molecule has 6 rings (SSSR count). The Hall–Kier alpha value is -5.04. The maximum atomic E-state index is 13.7. The lowest BCUT2D eigenvalue weighted by Crippen LogP contribution is -2.48. The molecule has 47 heavy (non-hydrogen) atoms. The third-order valence-corrected chi connectivity index (χ3v) is 10.6. The number of hydrogen-bond acceptors (Lipinski definition) is 5. The lowest BCUT2D eigenvalue weighted by molar-refractivity contribution is 0.0434. The zero-order chi connectivity index (χ0) is 33.7. The van der Waals surface area contributed by atoms with Crippen molar-refractivity contribution in [3.63, 3.8) is 0 Å². The molecule has 0 saturated heterocycles. The molecule has 0 spiro atoms. The number of carbonyl (C=O) groups is 4. The molecule has 2 aliphatic heterocycles. The maximum Gasteiger partial charge on any atom is 0.266 e. The molecule has 4 aromatic carbocycles. The van der Waals surface area contributed by atoms with Crippen molar-refractivity contribution < 1.29 is 23.9 Å². The first-order valence-corrected chi connectivity index (χ1v) is 16.4. The molecule has 0 fully saturated rings. The summed E-state index contributed by atoms with van der Waals surface area (Å²) in [7, 11) is 0. The lowest BCUT2D eigenvalue weighted by Gasteiger charge is -2.35. The standard InChI is InChI=1S/C40H40N2O5/c1-7-39(5,8-2)27-13-11-15-29(23-27)47-30-16-12-14-28(24-30)41-35(43)31-19-17-25(21-33(31)36(41)44)26-18-20-32-34(22-26)38(46)42(37(32)45)40(6,9-3)10-4/h11-24H,7-10H2,1-6H3. The van der Waals surface area contributed by atoms with E-state index in [0.717, 1.165) is 12.8 Å². The number of rotatable bonds is 10. The SMILES string of the molecule is CCC(C)(CC)c1cccc(Oc2cccc(N3C(=O)c4ccc(-c5ccc6c(c5)C(=O)N(C(C)(CC)CC)C6=O)cc4C3=O)c2)c1. The Bertz CT molecular complexity index is 1930. The molecule has 7 heteroatoms. The number of imide groups is 2. The van der Waals surface area contributed by atoms with Gasteiger partial charge in [0.1, 0.15) is 11.5 Å². The van der Waals surface area contributed by atoms with Gasteiger partial charge in [-0.1, -0.05) is 65.0 Å². The van der Waals surface area contributed by atoms with Gasteiger partial charge >= 0.3 is 0 Å². The van der Waals surface area contributed by atoms with Crippen LogP contribution >= 0.6 is 0 Å². The molecule has 4 aromatic rings. The third kappa shape index (κ3) is 5.24. The molecule has 0 unspecified atom stereocenters. The highest BCUT2D eigenvalue weighted by molar-refractivity contribution is 6.34. The fraction of sp³-hybridized carbons (Fsp3) is 0.300. The normalized spacial score (nSPS) is 14.6. The van der Waals surface area contributed by atoms with Crippen LogP contribution in [0.3, 0.4) is 0 Å². The largest absolute Gasteiger partial charge is 0.457 e. The molecular formula is C40H40N2O5. The van der Waals surface area contributed by atoms with Gasteiger partial charge in [0.2, 0.25) is 0 Å². The number of ether oxygens (including phenoxy) is 1. The molecule has 0 aliphatic carbocycles.